The van der Waals surface area contributed by atoms with Crippen LogP contribution >= 0.6 is 22.9 Å². The second-order valence-electron chi connectivity index (χ2n) is 4.14. The third-order valence-corrected chi connectivity index (χ3v) is 3.65. The van der Waals surface area contributed by atoms with Crippen molar-refractivity contribution in [2.75, 3.05) is 5.32 Å². The molecule has 1 N–H and O–H groups in total. The van der Waals surface area contributed by atoms with Crippen LogP contribution < -0.4 is 5.32 Å². The summed E-state index contributed by atoms with van der Waals surface area (Å²) < 4.78 is 0. The van der Waals surface area contributed by atoms with E-state index in [0.29, 0.717) is 11.4 Å². The van der Waals surface area contributed by atoms with E-state index in [1.165, 1.54) is 5.56 Å². The number of carbonyl (C=O) groups is 1. The highest BCUT2D eigenvalue weighted by atomic mass is 35.5. The molecule has 4 heteroatoms. The number of carbonyl (C=O) groups excluding carboxylic acids is 1. The zero-order valence-corrected chi connectivity index (χ0v) is 11.6. The summed E-state index contributed by atoms with van der Waals surface area (Å²) in [6, 6.07) is 7.50. The van der Waals surface area contributed by atoms with Crippen molar-refractivity contribution in [3.8, 4) is 0 Å². The number of nitrogens with one attached hydrogen (secondary N) is 1. The molecule has 0 spiro atoms. The average molecular weight is 280 g/mol. The van der Waals surface area contributed by atoms with E-state index in [0.717, 1.165) is 17.7 Å². The summed E-state index contributed by atoms with van der Waals surface area (Å²) in [4.78, 5) is 11.8. The van der Waals surface area contributed by atoms with E-state index < -0.39 is 0 Å². The summed E-state index contributed by atoms with van der Waals surface area (Å²) in [5.41, 5.74) is 3.02. The minimum absolute atomic E-state index is 0.0339. The average Bonchev–Trinajstić information content (AvgIpc) is 2.83. The number of halogens is 1. The van der Waals surface area contributed by atoms with E-state index in [1.54, 1.807) is 17.4 Å². The molecule has 1 heterocycles. The largest absolute Gasteiger partial charge is 0.326 e. The van der Waals surface area contributed by atoms with Gasteiger partial charge in [-0.1, -0.05) is 11.6 Å². The number of anilines is 1. The fourth-order valence-corrected chi connectivity index (χ4v) is 2.60. The van der Waals surface area contributed by atoms with Crippen LogP contribution in [0.3, 0.4) is 0 Å². The van der Waals surface area contributed by atoms with Crippen molar-refractivity contribution in [1.29, 1.82) is 0 Å². The Labute approximate surface area is 116 Å². The van der Waals surface area contributed by atoms with Crippen LogP contribution in [0.15, 0.2) is 35.0 Å². The maximum atomic E-state index is 11.8. The molecule has 0 atom stereocenters. The molecule has 94 valence electrons. The van der Waals surface area contributed by atoms with Gasteiger partial charge in [0.05, 0.1) is 0 Å². The maximum Gasteiger partial charge on any atom is 0.224 e. The van der Waals surface area contributed by atoms with Gasteiger partial charge in [-0.25, -0.2) is 0 Å². The Morgan fingerprint density at radius 1 is 1.39 bits per heavy atom. The van der Waals surface area contributed by atoms with Gasteiger partial charge in [-0.05, 0) is 59.5 Å². The molecule has 2 nitrogen and oxygen atoms in total. The first-order valence-electron chi connectivity index (χ1n) is 5.72. The normalized spacial score (nSPS) is 10.3. The van der Waals surface area contributed by atoms with Crippen LogP contribution in [0, 0.1) is 6.92 Å². The molecule has 0 saturated carbocycles. The highest BCUT2D eigenvalue weighted by Gasteiger charge is 2.05. The van der Waals surface area contributed by atoms with Crippen LogP contribution in [-0.2, 0) is 11.2 Å². The number of benzene rings is 1. The van der Waals surface area contributed by atoms with Crippen molar-refractivity contribution in [3.05, 3.63) is 51.2 Å². The smallest absolute Gasteiger partial charge is 0.224 e. The van der Waals surface area contributed by atoms with Gasteiger partial charge in [-0.2, -0.15) is 11.3 Å². The van der Waals surface area contributed by atoms with Gasteiger partial charge in [0.1, 0.15) is 0 Å². The third kappa shape index (κ3) is 3.59. The van der Waals surface area contributed by atoms with E-state index in [-0.39, 0.29) is 5.91 Å². The minimum atomic E-state index is 0.0339. The van der Waals surface area contributed by atoms with Gasteiger partial charge >= 0.3 is 0 Å². The van der Waals surface area contributed by atoms with Crippen LogP contribution in [0.2, 0.25) is 5.02 Å². The van der Waals surface area contributed by atoms with E-state index in [1.807, 2.05) is 30.5 Å². The van der Waals surface area contributed by atoms with E-state index >= 15 is 0 Å². The highest BCUT2D eigenvalue weighted by Crippen LogP contribution is 2.20. The standard InChI is InChI=1S/C14H14ClNOS/c1-10-8-12(15)3-4-13(10)16-14(17)5-2-11-6-7-18-9-11/h3-4,6-9H,2,5H2,1H3,(H,16,17). The molecule has 0 radical (unpaired) electrons. The molecule has 0 fully saturated rings. The van der Waals surface area contributed by atoms with Gasteiger partial charge in [0.25, 0.3) is 0 Å². The lowest BCUT2D eigenvalue weighted by molar-refractivity contribution is -0.116. The van der Waals surface area contributed by atoms with Crippen LogP contribution in [-0.4, -0.2) is 5.91 Å². The van der Waals surface area contributed by atoms with Crippen molar-refractivity contribution in [3.63, 3.8) is 0 Å². The SMILES string of the molecule is Cc1cc(Cl)ccc1NC(=O)CCc1ccsc1. The van der Waals surface area contributed by atoms with Crippen molar-refractivity contribution in [1.82, 2.24) is 0 Å². The predicted octanol–water partition coefficient (Wildman–Crippen LogP) is 4.28. The number of aryl methyl sites for hydroxylation is 2. The molecule has 0 saturated heterocycles. The molecule has 0 aliphatic carbocycles. The van der Waals surface area contributed by atoms with Gasteiger partial charge in [-0.15, -0.1) is 0 Å². The van der Waals surface area contributed by atoms with Gasteiger partial charge in [0.2, 0.25) is 5.91 Å². The quantitative estimate of drug-likeness (QED) is 0.889. The molecule has 0 aliphatic rings. The first kappa shape index (κ1) is 13.1. The Balaban J connectivity index is 1.91. The van der Waals surface area contributed by atoms with Crippen molar-refractivity contribution in [2.45, 2.75) is 19.8 Å². The number of amides is 1. The molecule has 2 rings (SSSR count). The van der Waals surface area contributed by atoms with Gasteiger partial charge in [0.15, 0.2) is 0 Å². The molecule has 0 unspecified atom stereocenters. The summed E-state index contributed by atoms with van der Waals surface area (Å²) in [6.45, 7) is 1.93. The molecule has 1 aromatic carbocycles. The van der Waals surface area contributed by atoms with E-state index in [4.69, 9.17) is 11.6 Å². The molecule has 0 bridgehead atoms. The molecule has 1 aromatic heterocycles. The molecule has 1 amide bonds. The fraction of sp³-hybridized carbons (Fsp3) is 0.214. The van der Waals surface area contributed by atoms with E-state index in [2.05, 4.69) is 10.7 Å². The Bertz CT molecular complexity index is 537. The number of hydrogen-bond acceptors (Lipinski definition) is 2. The summed E-state index contributed by atoms with van der Waals surface area (Å²) in [6.07, 6.45) is 1.28. The zero-order valence-electron chi connectivity index (χ0n) is 10.1. The van der Waals surface area contributed by atoms with Crippen LogP contribution in [0.5, 0.6) is 0 Å². The Morgan fingerprint density at radius 3 is 2.89 bits per heavy atom. The van der Waals surface area contributed by atoms with Gasteiger partial charge in [-0.3, -0.25) is 4.79 Å². The predicted molar refractivity (Wildman–Crippen MR) is 77.5 cm³/mol. The fourth-order valence-electron chi connectivity index (χ4n) is 1.67. The molecular formula is C14H14ClNOS. The summed E-state index contributed by atoms with van der Waals surface area (Å²) in [5.74, 6) is 0.0339. The van der Waals surface area contributed by atoms with Gasteiger partial charge in [0, 0.05) is 17.1 Å². The lowest BCUT2D eigenvalue weighted by Gasteiger charge is -2.08. The Kier molecular flexibility index (Phi) is 4.39. The highest BCUT2D eigenvalue weighted by molar-refractivity contribution is 7.07. The summed E-state index contributed by atoms with van der Waals surface area (Å²) >= 11 is 7.52. The number of thiophene rings is 1. The lowest BCUT2D eigenvalue weighted by atomic mass is 10.1. The van der Waals surface area contributed by atoms with Crippen LogP contribution in [0.4, 0.5) is 5.69 Å². The minimum Gasteiger partial charge on any atom is -0.326 e. The topological polar surface area (TPSA) is 29.1 Å². The first-order chi connectivity index (χ1) is 8.65. The van der Waals surface area contributed by atoms with Gasteiger partial charge < -0.3 is 5.32 Å². The second kappa shape index (κ2) is 6.03. The van der Waals surface area contributed by atoms with E-state index in [9.17, 15) is 4.79 Å². The molecule has 18 heavy (non-hydrogen) atoms. The Morgan fingerprint density at radius 2 is 2.22 bits per heavy atom. The molecular weight excluding hydrogens is 266 g/mol. The van der Waals surface area contributed by atoms with Crippen molar-refractivity contribution < 1.29 is 4.79 Å². The monoisotopic (exact) mass is 279 g/mol. The summed E-state index contributed by atoms with van der Waals surface area (Å²) in [7, 11) is 0. The Hall–Kier alpha value is -1.32. The number of hydrogen-bond donors (Lipinski definition) is 1. The van der Waals surface area contributed by atoms with Crippen LogP contribution in [0.1, 0.15) is 17.5 Å². The van der Waals surface area contributed by atoms with Crippen LogP contribution in [0.25, 0.3) is 0 Å². The third-order valence-electron chi connectivity index (χ3n) is 2.68. The lowest BCUT2D eigenvalue weighted by Crippen LogP contribution is -2.13. The van der Waals surface area contributed by atoms with Crippen molar-refractivity contribution >= 4 is 34.5 Å². The zero-order chi connectivity index (χ0) is 13.0. The second-order valence-corrected chi connectivity index (χ2v) is 5.36. The number of rotatable bonds is 4. The molecule has 0 aliphatic heterocycles. The van der Waals surface area contributed by atoms with Crippen molar-refractivity contribution in [2.24, 2.45) is 0 Å². The first-order valence-corrected chi connectivity index (χ1v) is 7.04. The summed E-state index contributed by atoms with van der Waals surface area (Å²) in [5, 5.41) is 7.68. The molecule has 2 aromatic rings. The maximum absolute atomic E-state index is 11.8.